The van der Waals surface area contributed by atoms with Crippen LogP contribution in [-0.4, -0.2) is 53.7 Å². The fourth-order valence-electron chi connectivity index (χ4n) is 2.64. The van der Waals surface area contributed by atoms with Gasteiger partial charge in [-0.05, 0) is 12.8 Å². The van der Waals surface area contributed by atoms with Crippen LogP contribution in [0.3, 0.4) is 0 Å². The zero-order valence-electron chi connectivity index (χ0n) is 13.5. The predicted octanol–water partition coefficient (Wildman–Crippen LogP) is 1.24. The lowest BCUT2D eigenvalue weighted by atomic mass is 10.1. The van der Waals surface area contributed by atoms with Gasteiger partial charge in [0.1, 0.15) is 10.7 Å². The molecule has 0 amide bonds. The topological polar surface area (TPSA) is 98.5 Å². The van der Waals surface area contributed by atoms with Crippen molar-refractivity contribution in [2.75, 3.05) is 24.8 Å². The van der Waals surface area contributed by atoms with Gasteiger partial charge in [0.2, 0.25) is 0 Å². The van der Waals surface area contributed by atoms with Gasteiger partial charge in [-0.3, -0.25) is 0 Å². The second-order valence-corrected chi connectivity index (χ2v) is 8.16. The van der Waals surface area contributed by atoms with Crippen molar-refractivity contribution in [1.29, 1.82) is 0 Å². The zero-order chi connectivity index (χ0) is 16.6. The molecule has 1 saturated heterocycles. The average Bonchev–Trinajstić information content (AvgIpc) is 2.90. The highest BCUT2D eigenvalue weighted by atomic mass is 32.2. The van der Waals surface area contributed by atoms with Gasteiger partial charge in [-0.2, -0.15) is 4.52 Å². The second kappa shape index (κ2) is 6.04. The minimum Gasteiger partial charge on any atom is -0.379 e. The third kappa shape index (κ3) is 3.30. The van der Waals surface area contributed by atoms with Gasteiger partial charge in [-0.25, -0.2) is 8.42 Å². The van der Waals surface area contributed by atoms with Crippen molar-refractivity contribution in [2.45, 2.75) is 43.5 Å². The van der Waals surface area contributed by atoms with Crippen LogP contribution in [-0.2, 0) is 14.6 Å². The van der Waals surface area contributed by atoms with Crippen LogP contribution in [0.5, 0.6) is 0 Å². The summed E-state index contributed by atoms with van der Waals surface area (Å²) in [6.07, 6.45) is 3.11. The first-order valence-corrected chi connectivity index (χ1v) is 9.56. The van der Waals surface area contributed by atoms with Gasteiger partial charge in [-0.15, -0.1) is 15.3 Å². The second-order valence-electron chi connectivity index (χ2n) is 6.17. The van der Waals surface area contributed by atoms with Gasteiger partial charge in [0.05, 0.1) is 12.6 Å². The maximum Gasteiger partial charge on any atom is 0.196 e. The number of aromatic nitrogens is 4. The van der Waals surface area contributed by atoms with Crippen LogP contribution in [0.25, 0.3) is 5.65 Å². The number of rotatable bonds is 4. The molecule has 8 nitrogen and oxygen atoms in total. The minimum absolute atomic E-state index is 0.0816. The Balaban J connectivity index is 2.09. The molecule has 1 aliphatic rings. The summed E-state index contributed by atoms with van der Waals surface area (Å²) in [6.45, 7) is 5.29. The van der Waals surface area contributed by atoms with E-state index in [-0.39, 0.29) is 22.5 Å². The minimum atomic E-state index is -3.44. The Morgan fingerprint density at radius 2 is 2.17 bits per heavy atom. The maximum atomic E-state index is 12.1. The maximum absolute atomic E-state index is 12.1. The molecule has 0 saturated carbocycles. The van der Waals surface area contributed by atoms with Crippen LogP contribution in [0.15, 0.2) is 11.0 Å². The van der Waals surface area contributed by atoms with Gasteiger partial charge < -0.3 is 10.1 Å². The van der Waals surface area contributed by atoms with E-state index in [0.717, 1.165) is 19.4 Å². The third-order valence-electron chi connectivity index (χ3n) is 3.79. The third-order valence-corrected chi connectivity index (χ3v) is 4.89. The fourth-order valence-corrected chi connectivity index (χ4v) is 3.42. The lowest BCUT2D eigenvalue weighted by Gasteiger charge is -2.23. The summed E-state index contributed by atoms with van der Waals surface area (Å²) in [4.78, 5) is 0.131. The van der Waals surface area contributed by atoms with E-state index in [1.807, 2.05) is 13.8 Å². The summed E-state index contributed by atoms with van der Waals surface area (Å²) in [7, 11) is -3.44. The highest BCUT2D eigenvalue weighted by Crippen LogP contribution is 2.23. The SMILES string of the molecule is CC(C)c1nnc2c(S(C)(=O)=O)cc(N[C@@H]3CCCOC3)nn12. The van der Waals surface area contributed by atoms with Gasteiger partial charge >= 0.3 is 0 Å². The molecular weight excluding hydrogens is 318 g/mol. The van der Waals surface area contributed by atoms with Crippen LogP contribution in [0, 0.1) is 0 Å². The lowest BCUT2D eigenvalue weighted by molar-refractivity contribution is 0.0874. The van der Waals surface area contributed by atoms with E-state index in [1.54, 1.807) is 0 Å². The normalized spacial score (nSPS) is 19.4. The smallest absolute Gasteiger partial charge is 0.196 e. The van der Waals surface area contributed by atoms with Gasteiger partial charge in [0.15, 0.2) is 21.3 Å². The molecule has 1 atom stereocenters. The molecule has 1 aliphatic heterocycles. The Bertz CT molecular complexity index is 809. The van der Waals surface area contributed by atoms with E-state index in [2.05, 4.69) is 20.6 Å². The van der Waals surface area contributed by atoms with Gasteiger partial charge in [0.25, 0.3) is 0 Å². The summed E-state index contributed by atoms with van der Waals surface area (Å²) < 4.78 is 31.2. The van der Waals surface area contributed by atoms with E-state index in [1.165, 1.54) is 16.8 Å². The molecule has 9 heteroatoms. The number of anilines is 1. The zero-order valence-corrected chi connectivity index (χ0v) is 14.3. The first-order valence-electron chi connectivity index (χ1n) is 7.67. The summed E-state index contributed by atoms with van der Waals surface area (Å²) in [5, 5.41) is 15.9. The van der Waals surface area contributed by atoms with Gasteiger partial charge in [-0.1, -0.05) is 13.8 Å². The number of hydrogen-bond donors (Lipinski definition) is 1. The molecule has 3 heterocycles. The Kier molecular flexibility index (Phi) is 4.24. The monoisotopic (exact) mass is 339 g/mol. The van der Waals surface area contributed by atoms with Crippen molar-refractivity contribution in [1.82, 2.24) is 19.8 Å². The first kappa shape index (κ1) is 16.1. The molecule has 23 heavy (non-hydrogen) atoms. The summed E-state index contributed by atoms with van der Waals surface area (Å²) in [5.74, 6) is 1.21. The van der Waals surface area contributed by atoms with E-state index in [4.69, 9.17) is 4.74 Å². The average molecular weight is 339 g/mol. The molecule has 126 valence electrons. The summed E-state index contributed by atoms with van der Waals surface area (Å²) in [6, 6.07) is 1.65. The van der Waals surface area contributed by atoms with Crippen molar-refractivity contribution in [2.24, 2.45) is 0 Å². The fraction of sp³-hybridized carbons (Fsp3) is 0.643. The molecule has 0 aromatic carbocycles. The standard InChI is InChI=1S/C14H21N5O3S/c1-9(2)13-16-17-14-11(23(3,20)21)7-12(18-19(13)14)15-10-5-4-6-22-8-10/h7,9-10H,4-6,8H2,1-3H3,(H,15,18)/t10-/m1/s1. The van der Waals surface area contributed by atoms with Crippen LogP contribution in [0.2, 0.25) is 0 Å². The van der Waals surface area contributed by atoms with Crippen molar-refractivity contribution in [3.8, 4) is 0 Å². The largest absolute Gasteiger partial charge is 0.379 e. The van der Waals surface area contributed by atoms with Crippen molar-refractivity contribution in [3.05, 3.63) is 11.9 Å². The first-order chi connectivity index (χ1) is 10.9. The molecule has 2 aromatic rings. The Morgan fingerprint density at radius 1 is 1.39 bits per heavy atom. The number of sulfone groups is 1. The molecular formula is C14H21N5O3S. The Morgan fingerprint density at radius 3 is 2.78 bits per heavy atom. The Labute approximate surface area is 135 Å². The van der Waals surface area contributed by atoms with Crippen LogP contribution in [0.1, 0.15) is 38.4 Å². The summed E-state index contributed by atoms with van der Waals surface area (Å²) in [5.41, 5.74) is 0.265. The number of fused-ring (bicyclic) bond motifs is 1. The molecule has 0 spiro atoms. The van der Waals surface area contributed by atoms with E-state index in [0.29, 0.717) is 18.2 Å². The molecule has 0 bridgehead atoms. The molecule has 2 aromatic heterocycles. The number of nitrogens with zero attached hydrogens (tertiary/aromatic N) is 4. The van der Waals surface area contributed by atoms with Crippen molar-refractivity contribution < 1.29 is 13.2 Å². The molecule has 0 aliphatic carbocycles. The van der Waals surface area contributed by atoms with Gasteiger partial charge in [0, 0.05) is 24.8 Å². The molecule has 1 fully saturated rings. The number of nitrogens with one attached hydrogen (secondary N) is 1. The summed E-state index contributed by atoms with van der Waals surface area (Å²) >= 11 is 0. The lowest BCUT2D eigenvalue weighted by Crippen LogP contribution is -2.30. The van der Waals surface area contributed by atoms with E-state index < -0.39 is 9.84 Å². The molecule has 0 unspecified atom stereocenters. The molecule has 0 radical (unpaired) electrons. The highest BCUT2D eigenvalue weighted by molar-refractivity contribution is 7.91. The van der Waals surface area contributed by atoms with E-state index >= 15 is 0 Å². The van der Waals surface area contributed by atoms with E-state index in [9.17, 15) is 8.42 Å². The number of hydrogen-bond acceptors (Lipinski definition) is 7. The van der Waals surface area contributed by atoms with Crippen molar-refractivity contribution in [3.63, 3.8) is 0 Å². The van der Waals surface area contributed by atoms with Crippen molar-refractivity contribution >= 4 is 21.3 Å². The molecule has 1 N–H and O–H groups in total. The van der Waals surface area contributed by atoms with Crippen LogP contribution >= 0.6 is 0 Å². The number of ether oxygens (including phenoxy) is 1. The Hall–Kier alpha value is -1.74. The quantitative estimate of drug-likeness (QED) is 0.895. The predicted molar refractivity (Wildman–Crippen MR) is 85.4 cm³/mol. The highest BCUT2D eigenvalue weighted by Gasteiger charge is 2.22. The van der Waals surface area contributed by atoms with Crippen LogP contribution in [0.4, 0.5) is 5.82 Å². The molecule has 3 rings (SSSR count). The van der Waals surface area contributed by atoms with Crippen LogP contribution < -0.4 is 5.32 Å².